The maximum atomic E-state index is 12.7. The summed E-state index contributed by atoms with van der Waals surface area (Å²) in [5, 5.41) is 0. The summed E-state index contributed by atoms with van der Waals surface area (Å²) in [5.74, 6) is 0.126. The highest BCUT2D eigenvalue weighted by atomic mass is 16.5. The van der Waals surface area contributed by atoms with E-state index in [0.29, 0.717) is 12.6 Å². The van der Waals surface area contributed by atoms with Gasteiger partial charge in [0, 0.05) is 51.4 Å². The molecule has 1 aliphatic heterocycles. The first-order chi connectivity index (χ1) is 11.2. The van der Waals surface area contributed by atoms with Crippen LogP contribution < -0.4 is 5.73 Å². The van der Waals surface area contributed by atoms with E-state index in [1.165, 1.54) is 0 Å². The Balaban J connectivity index is 2.00. The van der Waals surface area contributed by atoms with E-state index < -0.39 is 0 Å². The summed E-state index contributed by atoms with van der Waals surface area (Å²) in [4.78, 5) is 17.2. The zero-order chi connectivity index (χ0) is 16.7. The fourth-order valence-corrected chi connectivity index (χ4v) is 3.15. The maximum Gasteiger partial charge on any atom is 0.253 e. The summed E-state index contributed by atoms with van der Waals surface area (Å²) in [7, 11) is 1.74. The first-order valence-corrected chi connectivity index (χ1v) is 8.50. The SMILES string of the molecule is CCCC1CN(C(=O)c2ccc(CN)cc2)CCN1CCOC. The van der Waals surface area contributed by atoms with E-state index in [-0.39, 0.29) is 5.91 Å². The number of ether oxygens (including phenoxy) is 1. The molecule has 0 aliphatic carbocycles. The first-order valence-electron chi connectivity index (χ1n) is 8.50. The van der Waals surface area contributed by atoms with Crippen LogP contribution in [-0.4, -0.2) is 61.6 Å². The molecule has 0 saturated carbocycles. The first kappa shape index (κ1) is 17.9. The molecular weight excluding hydrogens is 290 g/mol. The van der Waals surface area contributed by atoms with Gasteiger partial charge in [-0.2, -0.15) is 0 Å². The van der Waals surface area contributed by atoms with Gasteiger partial charge in [-0.05, 0) is 24.1 Å². The molecule has 1 amide bonds. The molecule has 1 aromatic rings. The molecule has 5 heteroatoms. The lowest BCUT2D eigenvalue weighted by atomic mass is 10.0. The number of benzene rings is 1. The molecule has 1 saturated heterocycles. The van der Waals surface area contributed by atoms with Gasteiger partial charge in [0.25, 0.3) is 5.91 Å². The molecule has 0 spiro atoms. The van der Waals surface area contributed by atoms with E-state index in [0.717, 1.165) is 56.8 Å². The molecule has 23 heavy (non-hydrogen) atoms. The van der Waals surface area contributed by atoms with Crippen LogP contribution in [0.4, 0.5) is 0 Å². The highest BCUT2D eigenvalue weighted by Gasteiger charge is 2.29. The Morgan fingerprint density at radius 1 is 1.30 bits per heavy atom. The third kappa shape index (κ3) is 4.77. The van der Waals surface area contributed by atoms with Gasteiger partial charge < -0.3 is 15.4 Å². The molecule has 1 aromatic carbocycles. The molecule has 5 nitrogen and oxygen atoms in total. The lowest BCUT2D eigenvalue weighted by Crippen LogP contribution is -2.55. The number of hydrogen-bond donors (Lipinski definition) is 1. The molecule has 1 unspecified atom stereocenters. The highest BCUT2D eigenvalue weighted by Crippen LogP contribution is 2.17. The van der Waals surface area contributed by atoms with Gasteiger partial charge in [0.1, 0.15) is 0 Å². The molecule has 1 atom stereocenters. The third-order valence-corrected chi connectivity index (χ3v) is 4.53. The van der Waals surface area contributed by atoms with Crippen LogP contribution in [0.5, 0.6) is 0 Å². The predicted octanol–water partition coefficient (Wildman–Crippen LogP) is 1.72. The largest absolute Gasteiger partial charge is 0.383 e. The molecule has 0 aromatic heterocycles. The smallest absolute Gasteiger partial charge is 0.253 e. The minimum Gasteiger partial charge on any atom is -0.383 e. The summed E-state index contributed by atoms with van der Waals surface area (Å²) in [6, 6.07) is 8.07. The van der Waals surface area contributed by atoms with Gasteiger partial charge in [0.15, 0.2) is 0 Å². The van der Waals surface area contributed by atoms with Crippen LogP contribution >= 0.6 is 0 Å². The molecule has 1 heterocycles. The van der Waals surface area contributed by atoms with Crippen molar-refractivity contribution >= 4 is 5.91 Å². The molecule has 0 radical (unpaired) electrons. The second-order valence-electron chi connectivity index (χ2n) is 6.12. The fraction of sp³-hybridized carbons (Fsp3) is 0.611. The molecular formula is C18H29N3O2. The van der Waals surface area contributed by atoms with Crippen LogP contribution in [0.1, 0.15) is 35.7 Å². The van der Waals surface area contributed by atoms with Crippen LogP contribution in [0.25, 0.3) is 0 Å². The number of piperazine rings is 1. The molecule has 128 valence electrons. The summed E-state index contributed by atoms with van der Waals surface area (Å²) >= 11 is 0. The molecule has 1 aliphatic rings. The fourth-order valence-electron chi connectivity index (χ4n) is 3.15. The number of hydrogen-bond acceptors (Lipinski definition) is 4. The second-order valence-corrected chi connectivity index (χ2v) is 6.12. The monoisotopic (exact) mass is 319 g/mol. The van der Waals surface area contributed by atoms with Crippen molar-refractivity contribution in [2.75, 3.05) is 39.9 Å². The van der Waals surface area contributed by atoms with Gasteiger partial charge in [0.05, 0.1) is 6.61 Å². The Morgan fingerprint density at radius 3 is 2.65 bits per heavy atom. The van der Waals surface area contributed by atoms with Gasteiger partial charge >= 0.3 is 0 Å². The zero-order valence-corrected chi connectivity index (χ0v) is 14.3. The van der Waals surface area contributed by atoms with Crippen LogP contribution in [0.2, 0.25) is 0 Å². The number of nitrogens with two attached hydrogens (primary N) is 1. The number of nitrogens with zero attached hydrogens (tertiary/aromatic N) is 2. The van der Waals surface area contributed by atoms with Gasteiger partial charge in [0.2, 0.25) is 0 Å². The van der Waals surface area contributed by atoms with Crippen molar-refractivity contribution in [2.45, 2.75) is 32.4 Å². The van der Waals surface area contributed by atoms with Crippen molar-refractivity contribution in [3.05, 3.63) is 35.4 Å². The van der Waals surface area contributed by atoms with Crippen LogP contribution in [0.3, 0.4) is 0 Å². The average molecular weight is 319 g/mol. The Morgan fingerprint density at radius 2 is 2.04 bits per heavy atom. The minimum absolute atomic E-state index is 0.126. The molecule has 2 rings (SSSR count). The summed E-state index contributed by atoms with van der Waals surface area (Å²) in [5.41, 5.74) is 7.42. The van der Waals surface area contributed by atoms with Gasteiger partial charge in [-0.15, -0.1) is 0 Å². The lowest BCUT2D eigenvalue weighted by molar-refractivity contribution is 0.0371. The summed E-state index contributed by atoms with van der Waals surface area (Å²) < 4.78 is 5.20. The van der Waals surface area contributed by atoms with E-state index in [9.17, 15) is 4.79 Å². The highest BCUT2D eigenvalue weighted by molar-refractivity contribution is 5.94. The van der Waals surface area contributed by atoms with E-state index >= 15 is 0 Å². The van der Waals surface area contributed by atoms with E-state index in [4.69, 9.17) is 10.5 Å². The van der Waals surface area contributed by atoms with Crippen molar-refractivity contribution in [1.29, 1.82) is 0 Å². The van der Waals surface area contributed by atoms with Gasteiger partial charge in [-0.3, -0.25) is 9.69 Å². The van der Waals surface area contributed by atoms with E-state index in [2.05, 4.69) is 11.8 Å². The van der Waals surface area contributed by atoms with Crippen molar-refractivity contribution < 1.29 is 9.53 Å². The van der Waals surface area contributed by atoms with Crippen molar-refractivity contribution in [3.8, 4) is 0 Å². The van der Waals surface area contributed by atoms with Crippen LogP contribution in [-0.2, 0) is 11.3 Å². The third-order valence-electron chi connectivity index (χ3n) is 4.53. The number of carbonyl (C=O) groups excluding carboxylic acids is 1. The number of rotatable bonds is 7. The number of methoxy groups -OCH3 is 1. The minimum atomic E-state index is 0.126. The number of amides is 1. The van der Waals surface area contributed by atoms with Crippen molar-refractivity contribution in [2.24, 2.45) is 5.73 Å². The normalized spacial score (nSPS) is 19.1. The maximum absolute atomic E-state index is 12.7. The van der Waals surface area contributed by atoms with Crippen molar-refractivity contribution in [3.63, 3.8) is 0 Å². The second kappa shape index (κ2) is 9.01. The Bertz CT molecular complexity index is 490. The summed E-state index contributed by atoms with van der Waals surface area (Å²) in [6.07, 6.45) is 2.24. The number of carbonyl (C=O) groups is 1. The van der Waals surface area contributed by atoms with Gasteiger partial charge in [-0.1, -0.05) is 25.5 Å². The van der Waals surface area contributed by atoms with Gasteiger partial charge in [-0.25, -0.2) is 0 Å². The Labute approximate surface area is 139 Å². The Kier molecular flexibility index (Phi) is 7.02. The van der Waals surface area contributed by atoms with E-state index in [1.807, 2.05) is 29.2 Å². The predicted molar refractivity (Wildman–Crippen MR) is 92.4 cm³/mol. The Hall–Kier alpha value is -1.43. The standard InChI is InChI=1S/C18H29N3O2/c1-3-4-17-14-21(10-9-20(17)11-12-23-2)18(22)16-7-5-15(13-19)6-8-16/h5-8,17H,3-4,9-14,19H2,1-2H3. The topological polar surface area (TPSA) is 58.8 Å². The quantitative estimate of drug-likeness (QED) is 0.831. The average Bonchev–Trinajstić information content (AvgIpc) is 2.60. The molecule has 1 fully saturated rings. The van der Waals surface area contributed by atoms with Crippen LogP contribution in [0.15, 0.2) is 24.3 Å². The van der Waals surface area contributed by atoms with E-state index in [1.54, 1.807) is 7.11 Å². The summed E-state index contributed by atoms with van der Waals surface area (Å²) in [6.45, 7) is 6.88. The molecule has 0 bridgehead atoms. The van der Waals surface area contributed by atoms with Crippen molar-refractivity contribution in [1.82, 2.24) is 9.80 Å². The lowest BCUT2D eigenvalue weighted by Gasteiger charge is -2.41. The van der Waals surface area contributed by atoms with Crippen LogP contribution in [0, 0.1) is 0 Å². The molecule has 2 N–H and O–H groups in total. The zero-order valence-electron chi connectivity index (χ0n) is 14.3.